The Labute approximate surface area is 104 Å². The van der Waals surface area contributed by atoms with Crippen LogP contribution in [0.4, 0.5) is 0 Å². The molecule has 0 saturated carbocycles. The molecule has 4 heteroatoms. The van der Waals surface area contributed by atoms with E-state index in [1.165, 1.54) is 0 Å². The highest BCUT2D eigenvalue weighted by molar-refractivity contribution is 5.81. The first-order valence-corrected chi connectivity index (χ1v) is 5.90. The average Bonchev–Trinajstić information content (AvgIpc) is 2.10. The van der Waals surface area contributed by atoms with Crippen molar-refractivity contribution in [3.8, 4) is 0 Å². The molecule has 1 heterocycles. The third-order valence-corrected chi connectivity index (χ3v) is 2.94. The summed E-state index contributed by atoms with van der Waals surface area (Å²) in [5.41, 5.74) is -1.64. The van der Waals surface area contributed by atoms with Crippen molar-refractivity contribution < 1.29 is 9.63 Å². The van der Waals surface area contributed by atoms with Crippen LogP contribution in [0.1, 0.15) is 54.4 Å². The minimum atomic E-state index is -0.894. The number of hydrogen-bond acceptors (Lipinski definition) is 3. The summed E-state index contributed by atoms with van der Waals surface area (Å²) < 4.78 is 0. The van der Waals surface area contributed by atoms with Crippen molar-refractivity contribution in [3.05, 3.63) is 11.4 Å². The van der Waals surface area contributed by atoms with E-state index in [1.54, 1.807) is 13.8 Å². The third kappa shape index (κ3) is 3.05. The highest BCUT2D eigenvalue weighted by Crippen LogP contribution is 2.38. The van der Waals surface area contributed by atoms with Crippen molar-refractivity contribution in [3.63, 3.8) is 0 Å². The van der Waals surface area contributed by atoms with E-state index in [1.807, 2.05) is 32.8 Å². The monoisotopic (exact) mass is 238 g/mol. The number of carbonyl (C=O) groups is 1. The molecule has 1 aliphatic rings. The fourth-order valence-corrected chi connectivity index (χ4v) is 2.48. The lowest BCUT2D eigenvalue weighted by Gasteiger charge is -2.50. The zero-order chi connectivity index (χ0) is 13.5. The van der Waals surface area contributed by atoms with Crippen LogP contribution in [-0.4, -0.2) is 27.6 Å². The minimum Gasteiger partial charge on any atom is -0.300 e. The Morgan fingerprint density at radius 2 is 1.65 bits per heavy atom. The molecular weight excluding hydrogens is 216 g/mol. The van der Waals surface area contributed by atoms with E-state index >= 15 is 0 Å². The van der Waals surface area contributed by atoms with Gasteiger partial charge in [-0.3, -0.25) is 9.64 Å². The fourth-order valence-electron chi connectivity index (χ4n) is 2.48. The van der Waals surface area contributed by atoms with Gasteiger partial charge in [-0.25, -0.2) is 11.4 Å². The van der Waals surface area contributed by atoms with Gasteiger partial charge < -0.3 is 0 Å². The maximum absolute atomic E-state index is 11.7. The molecule has 1 rings (SSSR count). The predicted molar refractivity (Wildman–Crippen MR) is 66.0 cm³/mol. The Bertz CT molecular complexity index is 344. The second kappa shape index (κ2) is 4.08. The van der Waals surface area contributed by atoms with Gasteiger partial charge in [0.15, 0.2) is 0 Å². The Kier molecular flexibility index (Phi) is 3.39. The molecule has 0 aromatic carbocycles. The van der Waals surface area contributed by atoms with E-state index in [2.05, 4.69) is 4.85 Å². The van der Waals surface area contributed by atoms with Crippen molar-refractivity contribution in [1.29, 1.82) is 0 Å². The topological polar surface area (TPSA) is 33.9 Å². The molecule has 0 radical (unpaired) electrons. The summed E-state index contributed by atoms with van der Waals surface area (Å²) >= 11 is 0. The molecule has 0 aliphatic carbocycles. The van der Waals surface area contributed by atoms with E-state index < -0.39 is 5.72 Å². The number of carbonyl (C=O) groups excluding carboxylic acids is 1. The van der Waals surface area contributed by atoms with Crippen molar-refractivity contribution in [2.45, 2.75) is 71.2 Å². The van der Waals surface area contributed by atoms with Crippen LogP contribution in [0.3, 0.4) is 0 Å². The highest BCUT2D eigenvalue weighted by atomic mass is 16.7. The summed E-state index contributed by atoms with van der Waals surface area (Å²) in [5.74, 6) is 0.250. The maximum atomic E-state index is 11.7. The molecule has 0 atom stereocenters. The van der Waals surface area contributed by atoms with Gasteiger partial charge in [-0.2, -0.15) is 5.06 Å². The van der Waals surface area contributed by atoms with Gasteiger partial charge in [0.1, 0.15) is 5.78 Å². The number of nitrogens with zero attached hydrogens (tertiary/aromatic N) is 2. The lowest BCUT2D eigenvalue weighted by Crippen LogP contribution is -2.62. The van der Waals surface area contributed by atoms with Crippen molar-refractivity contribution >= 4 is 5.78 Å². The second-order valence-corrected chi connectivity index (χ2v) is 6.46. The van der Waals surface area contributed by atoms with E-state index in [-0.39, 0.29) is 16.9 Å². The third-order valence-electron chi connectivity index (χ3n) is 2.94. The zero-order valence-corrected chi connectivity index (χ0v) is 11.6. The van der Waals surface area contributed by atoms with Crippen LogP contribution in [0.25, 0.3) is 4.85 Å². The van der Waals surface area contributed by atoms with E-state index in [0.717, 1.165) is 0 Å². The van der Waals surface area contributed by atoms with Gasteiger partial charge in [0.2, 0.25) is 0 Å². The van der Waals surface area contributed by atoms with Crippen LogP contribution in [0.2, 0.25) is 0 Å². The molecule has 4 nitrogen and oxygen atoms in total. The van der Waals surface area contributed by atoms with Crippen LogP contribution in [0.5, 0.6) is 0 Å². The first-order valence-electron chi connectivity index (χ1n) is 5.90. The molecule has 0 amide bonds. The molecule has 0 spiro atoms. The van der Waals surface area contributed by atoms with Crippen molar-refractivity contribution in [2.75, 3.05) is 0 Å². The molecule has 1 fully saturated rings. The molecule has 1 aliphatic heterocycles. The summed E-state index contributed by atoms with van der Waals surface area (Å²) in [5, 5.41) is 1.83. The molecule has 0 aromatic heterocycles. The molecular formula is C13H22N2O2. The quantitative estimate of drug-likeness (QED) is 0.694. The van der Waals surface area contributed by atoms with Gasteiger partial charge in [-0.05, 0) is 27.7 Å². The average molecular weight is 238 g/mol. The molecule has 96 valence electrons. The maximum Gasteiger partial charge on any atom is 0.346 e. The summed E-state index contributed by atoms with van der Waals surface area (Å²) in [6.07, 6.45) is 0.926. The number of hydrogen-bond donors (Lipinski definition) is 0. The van der Waals surface area contributed by atoms with Crippen LogP contribution >= 0.6 is 0 Å². The molecule has 0 bridgehead atoms. The molecule has 1 saturated heterocycles. The van der Waals surface area contributed by atoms with Crippen molar-refractivity contribution in [2.24, 2.45) is 0 Å². The molecule has 0 aromatic rings. The van der Waals surface area contributed by atoms with Gasteiger partial charge in [0.25, 0.3) is 0 Å². The summed E-state index contributed by atoms with van der Waals surface area (Å²) in [6.45, 7) is 18.5. The summed E-state index contributed by atoms with van der Waals surface area (Å²) in [7, 11) is 0. The summed E-state index contributed by atoms with van der Waals surface area (Å²) in [6, 6.07) is 0. The number of Topliss-reactive ketones (excluding diaryl/α,β-unsaturated/α-hetero) is 1. The SMILES string of the molecule is [C-]#[N+]C(C)(C)ON1C(C)(C)CC(=O)CC1(C)C. The van der Waals surface area contributed by atoms with Gasteiger partial charge >= 0.3 is 5.72 Å². The lowest BCUT2D eigenvalue weighted by molar-refractivity contribution is -0.312. The highest BCUT2D eigenvalue weighted by Gasteiger charge is 2.49. The second-order valence-electron chi connectivity index (χ2n) is 6.46. The standard InChI is InChI=1S/C13H22N2O2/c1-11(2)8-10(16)9-12(3,4)15(11)17-13(5,6)14-7/h8-9H2,1-6H3. The predicted octanol–water partition coefficient (Wildman–Crippen LogP) is 2.80. The molecule has 0 unspecified atom stereocenters. The normalized spacial score (nSPS) is 24.4. The first kappa shape index (κ1) is 14.1. The van der Waals surface area contributed by atoms with Gasteiger partial charge in [0, 0.05) is 37.8 Å². The minimum absolute atomic E-state index is 0.250. The molecule has 0 N–H and O–H groups in total. The zero-order valence-electron chi connectivity index (χ0n) is 11.6. The summed E-state index contributed by atoms with van der Waals surface area (Å²) in [4.78, 5) is 21.0. The number of rotatable bonds is 2. The Morgan fingerprint density at radius 3 is 2.00 bits per heavy atom. The molecule has 17 heavy (non-hydrogen) atoms. The Hall–Kier alpha value is -0.920. The number of ketones is 1. The van der Waals surface area contributed by atoms with E-state index in [9.17, 15) is 4.79 Å². The smallest absolute Gasteiger partial charge is 0.300 e. The van der Waals surface area contributed by atoms with E-state index in [0.29, 0.717) is 12.8 Å². The Balaban J connectivity index is 3.02. The lowest BCUT2D eigenvalue weighted by atomic mass is 9.81. The van der Waals surface area contributed by atoms with Gasteiger partial charge in [0.05, 0.1) is 0 Å². The largest absolute Gasteiger partial charge is 0.346 e. The van der Waals surface area contributed by atoms with Gasteiger partial charge in [-0.1, -0.05) is 0 Å². The first-order chi connectivity index (χ1) is 7.50. The van der Waals surface area contributed by atoms with Crippen LogP contribution in [0.15, 0.2) is 0 Å². The van der Waals surface area contributed by atoms with Crippen molar-refractivity contribution in [1.82, 2.24) is 5.06 Å². The van der Waals surface area contributed by atoms with Crippen LogP contribution in [-0.2, 0) is 9.63 Å². The van der Waals surface area contributed by atoms with Gasteiger partial charge in [-0.15, -0.1) is 0 Å². The number of piperidine rings is 1. The van der Waals surface area contributed by atoms with Crippen LogP contribution in [0, 0.1) is 6.57 Å². The number of hydroxylamine groups is 2. The van der Waals surface area contributed by atoms with E-state index in [4.69, 9.17) is 11.4 Å². The van der Waals surface area contributed by atoms with Crippen LogP contribution < -0.4 is 0 Å². The Morgan fingerprint density at radius 1 is 1.24 bits per heavy atom. The fraction of sp³-hybridized carbons (Fsp3) is 0.846.